The number of carbonyl (C=O) groups excluding carboxylic acids is 1. The largest absolute Gasteiger partial charge is 0.349 e. The number of carbonyl (C=O) groups is 1. The van der Waals surface area contributed by atoms with Gasteiger partial charge in [0.1, 0.15) is 9.77 Å². The Hall–Kier alpha value is -0.920. The molecule has 1 aromatic rings. The summed E-state index contributed by atoms with van der Waals surface area (Å²) in [6.07, 6.45) is 4.51. The Bertz CT molecular complexity index is 600. The van der Waals surface area contributed by atoms with E-state index in [9.17, 15) is 13.2 Å². The van der Waals surface area contributed by atoms with Crippen molar-refractivity contribution in [2.45, 2.75) is 56.9 Å². The number of hydrogen-bond acceptors (Lipinski definition) is 4. The van der Waals surface area contributed by atoms with Gasteiger partial charge in [-0.1, -0.05) is 20.3 Å². The van der Waals surface area contributed by atoms with E-state index in [4.69, 9.17) is 0 Å². The van der Waals surface area contributed by atoms with Crippen molar-refractivity contribution in [1.82, 2.24) is 9.62 Å². The molecule has 5 nitrogen and oxygen atoms in total. The number of rotatable bonds is 6. The number of hydrogen-bond donors (Lipinski definition) is 1. The lowest BCUT2D eigenvalue weighted by Crippen LogP contribution is -2.37. The van der Waals surface area contributed by atoms with E-state index in [1.54, 1.807) is 11.4 Å². The Kier molecular flexibility index (Phi) is 6.00. The molecule has 124 valence electrons. The van der Waals surface area contributed by atoms with Gasteiger partial charge in [-0.2, -0.15) is 4.31 Å². The molecule has 2 heterocycles. The van der Waals surface area contributed by atoms with Crippen LogP contribution in [0.3, 0.4) is 0 Å². The van der Waals surface area contributed by atoms with E-state index >= 15 is 0 Å². The first kappa shape index (κ1) is 17.4. The summed E-state index contributed by atoms with van der Waals surface area (Å²) in [5.74, 6) is -0.278. The molecular formula is C15H24N2O3S2. The van der Waals surface area contributed by atoms with Crippen LogP contribution in [0.15, 0.2) is 16.3 Å². The number of thiophene rings is 1. The SMILES string of the molecule is CCC(CC)NC(=O)c1sccc1S(=O)(=O)N1CCCCC1. The maximum atomic E-state index is 12.8. The van der Waals surface area contributed by atoms with Crippen LogP contribution in [0, 0.1) is 0 Å². The predicted molar refractivity (Wildman–Crippen MR) is 88.8 cm³/mol. The van der Waals surface area contributed by atoms with Gasteiger partial charge in [0.25, 0.3) is 5.91 Å². The number of nitrogens with zero attached hydrogens (tertiary/aromatic N) is 1. The van der Waals surface area contributed by atoms with Gasteiger partial charge in [-0.25, -0.2) is 8.42 Å². The van der Waals surface area contributed by atoms with Gasteiger partial charge in [-0.05, 0) is 37.1 Å². The summed E-state index contributed by atoms with van der Waals surface area (Å²) in [6, 6.07) is 1.64. The van der Waals surface area contributed by atoms with Crippen molar-refractivity contribution in [3.05, 3.63) is 16.3 Å². The zero-order valence-corrected chi connectivity index (χ0v) is 14.8. The summed E-state index contributed by atoms with van der Waals surface area (Å²) >= 11 is 1.19. The van der Waals surface area contributed by atoms with Crippen molar-refractivity contribution in [2.24, 2.45) is 0 Å². The van der Waals surface area contributed by atoms with Gasteiger partial charge in [-0.3, -0.25) is 4.79 Å². The molecule has 0 unspecified atom stereocenters. The van der Waals surface area contributed by atoms with Gasteiger partial charge in [-0.15, -0.1) is 11.3 Å². The second-order valence-electron chi connectivity index (χ2n) is 5.57. The average molecular weight is 345 g/mol. The lowest BCUT2D eigenvalue weighted by Gasteiger charge is -2.26. The summed E-state index contributed by atoms with van der Waals surface area (Å²) in [5.41, 5.74) is 0. The van der Waals surface area contributed by atoms with Crippen LogP contribution in [0.25, 0.3) is 0 Å². The van der Waals surface area contributed by atoms with Gasteiger partial charge < -0.3 is 5.32 Å². The van der Waals surface area contributed by atoms with E-state index in [1.807, 2.05) is 13.8 Å². The van der Waals surface area contributed by atoms with Crippen molar-refractivity contribution >= 4 is 27.3 Å². The molecule has 1 aromatic heterocycles. The smallest absolute Gasteiger partial charge is 0.262 e. The minimum atomic E-state index is -3.56. The fourth-order valence-electron chi connectivity index (χ4n) is 2.65. The highest BCUT2D eigenvalue weighted by Gasteiger charge is 2.31. The first-order valence-electron chi connectivity index (χ1n) is 7.89. The van der Waals surface area contributed by atoms with Crippen molar-refractivity contribution in [1.29, 1.82) is 0 Å². The van der Waals surface area contributed by atoms with Crippen molar-refractivity contribution in [2.75, 3.05) is 13.1 Å². The van der Waals surface area contributed by atoms with Crippen molar-refractivity contribution in [3.63, 3.8) is 0 Å². The van der Waals surface area contributed by atoms with Gasteiger partial charge in [0.2, 0.25) is 10.0 Å². The molecule has 0 bridgehead atoms. The molecular weight excluding hydrogens is 320 g/mol. The van der Waals surface area contributed by atoms with Crippen LogP contribution in [0.4, 0.5) is 0 Å². The Morgan fingerprint density at radius 2 is 1.91 bits per heavy atom. The number of piperidine rings is 1. The summed E-state index contributed by atoms with van der Waals surface area (Å²) < 4.78 is 27.0. The molecule has 7 heteroatoms. The van der Waals surface area contributed by atoms with E-state index in [0.717, 1.165) is 32.1 Å². The molecule has 22 heavy (non-hydrogen) atoms. The topological polar surface area (TPSA) is 66.5 Å². The molecule has 1 aliphatic rings. The standard InChI is InChI=1S/C15H24N2O3S2/c1-3-12(4-2)16-15(18)14-13(8-11-21-14)22(19,20)17-9-6-5-7-10-17/h8,11-12H,3-7,9-10H2,1-2H3,(H,16,18). The average Bonchev–Trinajstić information content (AvgIpc) is 3.03. The lowest BCUT2D eigenvalue weighted by atomic mass is 10.2. The second kappa shape index (κ2) is 7.57. The number of amides is 1. The first-order chi connectivity index (χ1) is 10.5. The van der Waals surface area contributed by atoms with Crippen LogP contribution in [0.2, 0.25) is 0 Å². The van der Waals surface area contributed by atoms with E-state index in [2.05, 4.69) is 5.32 Å². The lowest BCUT2D eigenvalue weighted by molar-refractivity contribution is 0.0936. The van der Waals surface area contributed by atoms with Gasteiger partial charge in [0.15, 0.2) is 0 Å². The molecule has 0 aromatic carbocycles. The van der Waals surface area contributed by atoms with E-state index in [-0.39, 0.29) is 16.8 Å². The van der Waals surface area contributed by atoms with Crippen molar-refractivity contribution in [3.8, 4) is 0 Å². The highest BCUT2D eigenvalue weighted by atomic mass is 32.2. The second-order valence-corrected chi connectivity index (χ2v) is 8.39. The molecule has 1 amide bonds. The third-order valence-electron chi connectivity index (χ3n) is 4.09. The predicted octanol–water partition coefficient (Wildman–Crippen LogP) is 2.84. The molecule has 1 aliphatic heterocycles. The Balaban J connectivity index is 2.23. The van der Waals surface area contributed by atoms with E-state index < -0.39 is 10.0 Å². The molecule has 1 saturated heterocycles. The summed E-state index contributed by atoms with van der Waals surface area (Å²) in [5, 5.41) is 4.60. The van der Waals surface area contributed by atoms with Crippen LogP contribution in [-0.4, -0.2) is 37.8 Å². The maximum absolute atomic E-state index is 12.8. The van der Waals surface area contributed by atoms with Crippen molar-refractivity contribution < 1.29 is 13.2 Å². The Morgan fingerprint density at radius 3 is 2.50 bits per heavy atom. The summed E-state index contributed by atoms with van der Waals surface area (Å²) in [6.45, 7) is 5.11. The fourth-order valence-corrected chi connectivity index (χ4v) is 5.48. The van der Waals surface area contributed by atoms with Gasteiger partial charge in [0.05, 0.1) is 0 Å². The highest BCUT2D eigenvalue weighted by Crippen LogP contribution is 2.27. The van der Waals surface area contributed by atoms with Gasteiger partial charge in [0, 0.05) is 19.1 Å². The maximum Gasteiger partial charge on any atom is 0.262 e. The number of sulfonamides is 1. The molecule has 0 aliphatic carbocycles. The number of nitrogens with one attached hydrogen (secondary N) is 1. The molecule has 1 N–H and O–H groups in total. The minimum Gasteiger partial charge on any atom is -0.349 e. The third kappa shape index (κ3) is 3.70. The van der Waals surface area contributed by atoms with E-state index in [0.29, 0.717) is 18.0 Å². The Labute approximate surface area is 136 Å². The van der Waals surface area contributed by atoms with Crippen LogP contribution in [0.5, 0.6) is 0 Å². The Morgan fingerprint density at radius 1 is 1.27 bits per heavy atom. The quantitative estimate of drug-likeness (QED) is 0.863. The van der Waals surface area contributed by atoms with E-state index in [1.165, 1.54) is 15.6 Å². The molecule has 1 fully saturated rings. The van der Waals surface area contributed by atoms with Gasteiger partial charge >= 0.3 is 0 Å². The third-order valence-corrected chi connectivity index (χ3v) is 7.07. The molecule has 0 atom stereocenters. The van der Waals surface area contributed by atoms with Crippen LogP contribution < -0.4 is 5.32 Å². The molecule has 0 radical (unpaired) electrons. The minimum absolute atomic E-state index is 0.0835. The highest BCUT2D eigenvalue weighted by molar-refractivity contribution is 7.89. The van der Waals surface area contributed by atoms with Crippen LogP contribution >= 0.6 is 11.3 Å². The molecule has 0 spiro atoms. The summed E-state index contributed by atoms with van der Waals surface area (Å²) in [7, 11) is -3.56. The summed E-state index contributed by atoms with van der Waals surface area (Å²) in [4.78, 5) is 12.9. The monoisotopic (exact) mass is 344 g/mol. The zero-order valence-electron chi connectivity index (χ0n) is 13.2. The fraction of sp³-hybridized carbons (Fsp3) is 0.667. The molecule has 2 rings (SSSR count). The zero-order chi connectivity index (χ0) is 16.2. The van der Waals surface area contributed by atoms with Crippen LogP contribution in [0.1, 0.15) is 55.6 Å². The molecule has 0 saturated carbocycles. The first-order valence-corrected chi connectivity index (χ1v) is 10.2. The normalized spacial score (nSPS) is 16.9. The van der Waals surface area contributed by atoms with Crippen LogP contribution in [-0.2, 0) is 10.0 Å².